The number of carboxylic acids is 1. The van der Waals surface area contributed by atoms with Gasteiger partial charge in [-0.15, -0.1) is 11.8 Å². The Hall–Kier alpha value is -1.53. The summed E-state index contributed by atoms with van der Waals surface area (Å²) in [4.78, 5) is 22.7. The van der Waals surface area contributed by atoms with E-state index in [1.54, 1.807) is 24.3 Å². The number of carbonyl (C=O) groups is 2. The fourth-order valence-electron chi connectivity index (χ4n) is 4.40. The highest BCUT2D eigenvalue weighted by atomic mass is 32.2. The minimum Gasteiger partial charge on any atom is -0.478 e. The average Bonchev–Trinajstić information content (AvgIpc) is 2.91. The van der Waals surface area contributed by atoms with Gasteiger partial charge in [0.05, 0.1) is 21.7 Å². The van der Waals surface area contributed by atoms with Gasteiger partial charge in [0, 0.05) is 8.66 Å². The van der Waals surface area contributed by atoms with E-state index < -0.39 is 28.1 Å². The molecular weight excluding hydrogens is 362 g/mol. The van der Waals surface area contributed by atoms with Crippen LogP contribution in [-0.2, 0) is 4.79 Å². The van der Waals surface area contributed by atoms with Crippen molar-refractivity contribution in [1.82, 2.24) is 5.32 Å². The Bertz CT molecular complexity index is 764. The van der Waals surface area contributed by atoms with Crippen molar-refractivity contribution in [2.45, 2.75) is 74.7 Å². The van der Waals surface area contributed by atoms with Gasteiger partial charge in [0.25, 0.3) is 0 Å². The fraction of sp³-hybridized carbons (Fsp3) is 0.619. The number of nitrogens with one attached hydrogen (secondary N) is 1. The van der Waals surface area contributed by atoms with E-state index in [1.165, 1.54) is 0 Å². The van der Waals surface area contributed by atoms with Crippen molar-refractivity contribution in [1.29, 1.82) is 0 Å². The summed E-state index contributed by atoms with van der Waals surface area (Å²) < 4.78 is 16.2. The zero-order chi connectivity index (χ0) is 21.3. The maximum atomic E-state index is 12.4. The van der Waals surface area contributed by atoms with E-state index in [4.69, 9.17) is 7.85 Å². The average molecular weight is 394 g/mol. The molecule has 1 amide bonds. The van der Waals surface area contributed by atoms with Gasteiger partial charge in [0.2, 0.25) is 5.91 Å². The van der Waals surface area contributed by atoms with Crippen LogP contribution in [0.4, 0.5) is 0 Å². The third-order valence-electron chi connectivity index (χ3n) is 5.93. The number of thioether (sulfide) groups is 1. The van der Waals surface area contributed by atoms with Gasteiger partial charge in [-0.1, -0.05) is 38.3 Å². The molecule has 5 nitrogen and oxygen atoms in total. The van der Waals surface area contributed by atoms with Crippen LogP contribution in [0.25, 0.3) is 0 Å². The first kappa shape index (κ1) is 17.6. The van der Waals surface area contributed by atoms with Gasteiger partial charge in [0.15, 0.2) is 0 Å². The standard InChI is InChI=1S/C21H29NO4S/c1-2-17(15-6-8-16(9-7-15)19(24)25)21(22-18(23)14-27-21)13-12-20(26)10-4-3-5-11-20/h6-9,17,26H,2-5,10-14H2,1H3,(H,22,23)(H,24,25)/i14D2. The molecule has 1 heterocycles. The summed E-state index contributed by atoms with van der Waals surface area (Å²) >= 11 is 0.994. The van der Waals surface area contributed by atoms with Gasteiger partial charge in [-0.05, 0) is 49.8 Å². The van der Waals surface area contributed by atoms with Crippen LogP contribution in [0.3, 0.4) is 0 Å². The molecule has 2 fully saturated rings. The minimum absolute atomic E-state index is 0.188. The first-order valence-electron chi connectivity index (χ1n) is 10.7. The molecule has 2 unspecified atom stereocenters. The van der Waals surface area contributed by atoms with E-state index in [0.717, 1.165) is 49.4 Å². The summed E-state index contributed by atoms with van der Waals surface area (Å²) in [5.74, 6) is -1.85. The molecule has 0 bridgehead atoms. The molecule has 3 rings (SSSR count). The van der Waals surface area contributed by atoms with Crippen molar-refractivity contribution in [3.05, 3.63) is 35.4 Å². The quantitative estimate of drug-likeness (QED) is 0.654. The van der Waals surface area contributed by atoms with Gasteiger partial charge in [-0.3, -0.25) is 4.79 Å². The second-order valence-electron chi connectivity index (χ2n) is 7.72. The smallest absolute Gasteiger partial charge is 0.335 e. The molecule has 0 radical (unpaired) electrons. The number of carboxylic acid groups (broad SMARTS) is 1. The van der Waals surface area contributed by atoms with Crippen LogP contribution in [0.15, 0.2) is 24.3 Å². The predicted octanol–water partition coefficient (Wildman–Crippen LogP) is 3.91. The van der Waals surface area contributed by atoms with Crippen molar-refractivity contribution in [2.24, 2.45) is 0 Å². The molecule has 1 saturated carbocycles. The van der Waals surface area contributed by atoms with Gasteiger partial charge < -0.3 is 15.5 Å². The lowest BCUT2D eigenvalue weighted by Crippen LogP contribution is -2.47. The largest absolute Gasteiger partial charge is 0.478 e. The van der Waals surface area contributed by atoms with Gasteiger partial charge in [-0.2, -0.15) is 0 Å². The Morgan fingerprint density at radius 3 is 2.44 bits per heavy atom. The number of rotatable bonds is 7. The monoisotopic (exact) mass is 393 g/mol. The normalized spacial score (nSPS) is 28.7. The first-order chi connectivity index (χ1) is 13.6. The molecule has 1 aromatic carbocycles. The van der Waals surface area contributed by atoms with Gasteiger partial charge >= 0.3 is 5.97 Å². The number of aliphatic hydroxyl groups is 1. The number of carbonyl (C=O) groups excluding carboxylic acids is 1. The number of benzene rings is 1. The summed E-state index contributed by atoms with van der Waals surface area (Å²) in [5.41, 5.74) is -1.76. The van der Waals surface area contributed by atoms with Crippen molar-refractivity contribution in [3.8, 4) is 0 Å². The maximum absolute atomic E-state index is 12.4. The lowest BCUT2D eigenvalue weighted by atomic mass is 9.78. The summed E-state index contributed by atoms with van der Waals surface area (Å²) in [7, 11) is 0. The molecule has 1 aliphatic carbocycles. The molecule has 3 N–H and O–H groups in total. The van der Waals surface area contributed by atoms with Crippen molar-refractivity contribution in [3.63, 3.8) is 0 Å². The Kier molecular flexibility index (Phi) is 5.35. The maximum Gasteiger partial charge on any atom is 0.335 e. The van der Waals surface area contributed by atoms with E-state index in [9.17, 15) is 14.7 Å². The van der Waals surface area contributed by atoms with Crippen LogP contribution in [0.1, 0.15) is 82.9 Å². The van der Waals surface area contributed by atoms with Crippen LogP contribution >= 0.6 is 11.8 Å². The van der Waals surface area contributed by atoms with Crippen molar-refractivity contribution in [2.75, 3.05) is 5.70 Å². The molecule has 148 valence electrons. The third kappa shape index (κ3) is 4.49. The van der Waals surface area contributed by atoms with Crippen molar-refractivity contribution < 1.29 is 22.5 Å². The Labute approximate surface area is 167 Å². The Balaban J connectivity index is 1.91. The molecule has 6 heteroatoms. The summed E-state index contributed by atoms with van der Waals surface area (Å²) in [5, 5.41) is 23.1. The van der Waals surface area contributed by atoms with Crippen LogP contribution < -0.4 is 5.32 Å². The molecule has 1 saturated heterocycles. The second kappa shape index (κ2) is 8.23. The fourth-order valence-corrected chi connectivity index (χ4v) is 5.52. The first-order valence-corrected chi connectivity index (χ1v) is 10.5. The van der Waals surface area contributed by atoms with Crippen LogP contribution in [0.2, 0.25) is 0 Å². The SMILES string of the molecule is [2H]C1([2H])SC(CCC2(O)CCCCC2)(C(CC)c2ccc(C(=O)O)cc2)NC1=O. The Morgan fingerprint density at radius 2 is 1.93 bits per heavy atom. The number of aromatic carboxylic acids is 1. The van der Waals surface area contributed by atoms with E-state index in [0.29, 0.717) is 19.3 Å². The lowest BCUT2D eigenvalue weighted by Gasteiger charge is -2.40. The molecule has 1 aromatic rings. The van der Waals surface area contributed by atoms with Crippen molar-refractivity contribution >= 4 is 23.6 Å². The van der Waals surface area contributed by atoms with Crippen LogP contribution in [0.5, 0.6) is 0 Å². The van der Waals surface area contributed by atoms with Crippen LogP contribution in [-0.4, -0.2) is 38.3 Å². The van der Waals surface area contributed by atoms with E-state index >= 15 is 0 Å². The minimum atomic E-state index is -2.04. The summed E-state index contributed by atoms with van der Waals surface area (Å²) in [6.45, 7) is 1.98. The Morgan fingerprint density at radius 1 is 1.26 bits per heavy atom. The third-order valence-corrected chi connectivity index (χ3v) is 7.17. The highest BCUT2D eigenvalue weighted by molar-refractivity contribution is 8.01. The molecule has 0 spiro atoms. The van der Waals surface area contributed by atoms with Crippen LogP contribution in [0, 0.1) is 0 Å². The lowest BCUT2D eigenvalue weighted by molar-refractivity contribution is -0.119. The van der Waals surface area contributed by atoms with E-state index in [-0.39, 0.29) is 11.5 Å². The number of hydrogen-bond acceptors (Lipinski definition) is 4. The zero-order valence-electron chi connectivity index (χ0n) is 17.7. The number of hydrogen-bond donors (Lipinski definition) is 3. The molecule has 2 aliphatic rings. The molecule has 2 atom stereocenters. The topological polar surface area (TPSA) is 86.6 Å². The second-order valence-corrected chi connectivity index (χ2v) is 8.86. The predicted molar refractivity (Wildman–Crippen MR) is 107 cm³/mol. The van der Waals surface area contributed by atoms with E-state index in [1.807, 2.05) is 6.92 Å². The summed E-state index contributed by atoms with van der Waals surface area (Å²) in [6, 6.07) is 6.57. The van der Waals surface area contributed by atoms with E-state index in [2.05, 4.69) is 5.32 Å². The molecule has 1 aliphatic heterocycles. The van der Waals surface area contributed by atoms with Gasteiger partial charge in [-0.25, -0.2) is 4.79 Å². The highest BCUT2D eigenvalue weighted by Gasteiger charge is 2.46. The highest BCUT2D eigenvalue weighted by Crippen LogP contribution is 2.47. The van der Waals surface area contributed by atoms with Gasteiger partial charge in [0.1, 0.15) is 0 Å². The summed E-state index contributed by atoms with van der Waals surface area (Å²) in [6.07, 6.45) is 6.16. The molecule has 0 aromatic heterocycles. The molecule has 27 heavy (non-hydrogen) atoms. The zero-order valence-corrected chi connectivity index (χ0v) is 16.5. The number of amides is 1. The molecular formula is C21H29NO4S.